The summed E-state index contributed by atoms with van der Waals surface area (Å²) in [6, 6.07) is 4.60. The number of urea groups is 1. The van der Waals surface area contributed by atoms with Crippen LogP contribution in [0.5, 0.6) is 0 Å². The normalized spacial score (nSPS) is 20.7. The standard InChI is InChI=1S/C16H19FN2O3S/c1-3-23-8-7-22-15(20)13-10(2)18-16(21)19-14(13)11-5-4-6-12(17)9-11/h4-6,9,13-14H,3,7-8H2,1-2H3,(H,19,21). The minimum atomic E-state index is -0.749. The molecule has 0 spiro atoms. The largest absolute Gasteiger partial charge is 0.464 e. The molecule has 0 aromatic heterocycles. The number of thioether (sulfide) groups is 1. The molecule has 0 radical (unpaired) electrons. The van der Waals surface area contributed by atoms with Gasteiger partial charge in [-0.3, -0.25) is 4.79 Å². The molecule has 1 aromatic carbocycles. The summed E-state index contributed by atoms with van der Waals surface area (Å²) in [5.74, 6) is 0.0210. The van der Waals surface area contributed by atoms with Crippen molar-refractivity contribution in [3.05, 3.63) is 35.6 Å². The van der Waals surface area contributed by atoms with Crippen LogP contribution >= 0.6 is 11.8 Å². The number of halogens is 1. The Hall–Kier alpha value is -1.89. The quantitative estimate of drug-likeness (QED) is 0.640. The number of amides is 2. The van der Waals surface area contributed by atoms with Gasteiger partial charge < -0.3 is 10.1 Å². The van der Waals surface area contributed by atoms with Gasteiger partial charge in [0, 0.05) is 11.5 Å². The molecule has 0 aliphatic carbocycles. The number of hydrogen-bond acceptors (Lipinski definition) is 4. The van der Waals surface area contributed by atoms with Crippen molar-refractivity contribution in [2.45, 2.75) is 19.9 Å². The fourth-order valence-corrected chi connectivity index (χ4v) is 2.93. The predicted octanol–water partition coefficient (Wildman–Crippen LogP) is 2.96. The molecule has 2 rings (SSSR count). The predicted molar refractivity (Wildman–Crippen MR) is 88.2 cm³/mol. The molecular formula is C16H19FN2O3S. The first kappa shape index (κ1) is 17.5. The number of esters is 1. The fourth-order valence-electron chi connectivity index (χ4n) is 2.44. The lowest BCUT2D eigenvalue weighted by Gasteiger charge is -2.29. The Morgan fingerprint density at radius 2 is 2.26 bits per heavy atom. The third-order valence-electron chi connectivity index (χ3n) is 3.48. The first-order chi connectivity index (χ1) is 11.0. The first-order valence-electron chi connectivity index (χ1n) is 7.38. The van der Waals surface area contributed by atoms with Gasteiger partial charge in [-0.2, -0.15) is 11.8 Å². The molecule has 124 valence electrons. The molecule has 0 fully saturated rings. The number of carbonyl (C=O) groups is 2. The molecule has 1 aliphatic heterocycles. The van der Waals surface area contributed by atoms with Crippen LogP contribution in [0.3, 0.4) is 0 Å². The number of nitrogens with zero attached hydrogens (tertiary/aromatic N) is 1. The van der Waals surface area contributed by atoms with Crippen LogP contribution in [0.4, 0.5) is 9.18 Å². The number of aliphatic imine (C=N–C) groups is 1. The number of carbonyl (C=O) groups excluding carboxylic acids is 2. The molecule has 2 unspecified atom stereocenters. The van der Waals surface area contributed by atoms with E-state index in [-0.39, 0.29) is 0 Å². The summed E-state index contributed by atoms with van der Waals surface area (Å²) in [4.78, 5) is 27.8. The summed E-state index contributed by atoms with van der Waals surface area (Å²) < 4.78 is 18.8. The summed E-state index contributed by atoms with van der Waals surface area (Å²) in [6.07, 6.45) is 0. The van der Waals surface area contributed by atoms with Gasteiger partial charge in [-0.25, -0.2) is 14.2 Å². The van der Waals surface area contributed by atoms with Crippen LogP contribution < -0.4 is 5.32 Å². The van der Waals surface area contributed by atoms with Gasteiger partial charge in [-0.05, 0) is 30.4 Å². The van der Waals surface area contributed by atoms with Gasteiger partial charge >= 0.3 is 12.0 Å². The molecule has 0 saturated heterocycles. The average Bonchev–Trinajstić information content (AvgIpc) is 2.50. The molecule has 0 bridgehead atoms. The minimum absolute atomic E-state index is 0.297. The average molecular weight is 338 g/mol. The zero-order valence-electron chi connectivity index (χ0n) is 13.0. The van der Waals surface area contributed by atoms with E-state index < -0.39 is 29.8 Å². The summed E-state index contributed by atoms with van der Waals surface area (Å²) >= 11 is 1.67. The van der Waals surface area contributed by atoms with Crippen molar-refractivity contribution in [2.24, 2.45) is 10.9 Å². The van der Waals surface area contributed by atoms with Crippen molar-refractivity contribution in [1.82, 2.24) is 5.32 Å². The lowest BCUT2D eigenvalue weighted by molar-refractivity contribution is -0.146. The highest BCUT2D eigenvalue weighted by molar-refractivity contribution is 7.99. The number of benzene rings is 1. The Morgan fingerprint density at radius 3 is 2.96 bits per heavy atom. The van der Waals surface area contributed by atoms with Crippen LogP contribution in [0, 0.1) is 11.7 Å². The van der Waals surface area contributed by atoms with Crippen molar-refractivity contribution in [3.63, 3.8) is 0 Å². The van der Waals surface area contributed by atoms with E-state index in [0.29, 0.717) is 23.6 Å². The third-order valence-corrected chi connectivity index (χ3v) is 4.34. The van der Waals surface area contributed by atoms with Gasteiger partial charge in [0.15, 0.2) is 0 Å². The molecule has 2 atom stereocenters. The fraction of sp³-hybridized carbons (Fsp3) is 0.438. The topological polar surface area (TPSA) is 67.8 Å². The highest BCUT2D eigenvalue weighted by Crippen LogP contribution is 2.28. The zero-order chi connectivity index (χ0) is 16.8. The molecule has 1 aliphatic rings. The molecule has 23 heavy (non-hydrogen) atoms. The molecule has 2 amide bonds. The van der Waals surface area contributed by atoms with Crippen molar-refractivity contribution in [3.8, 4) is 0 Å². The molecule has 5 nitrogen and oxygen atoms in total. The van der Waals surface area contributed by atoms with E-state index in [9.17, 15) is 14.0 Å². The maximum Gasteiger partial charge on any atom is 0.341 e. The maximum atomic E-state index is 13.5. The Morgan fingerprint density at radius 1 is 1.48 bits per heavy atom. The van der Waals surface area contributed by atoms with Crippen molar-refractivity contribution >= 4 is 29.5 Å². The smallest absolute Gasteiger partial charge is 0.341 e. The summed E-state index contributed by atoms with van der Waals surface area (Å²) in [5.41, 5.74) is 0.883. The van der Waals surface area contributed by atoms with Gasteiger partial charge in [-0.15, -0.1) is 0 Å². The molecule has 1 N–H and O–H groups in total. The monoisotopic (exact) mass is 338 g/mol. The Balaban J connectivity index is 2.19. The van der Waals surface area contributed by atoms with Crippen LogP contribution in [-0.2, 0) is 9.53 Å². The number of hydrogen-bond donors (Lipinski definition) is 1. The molecule has 1 aromatic rings. The second-order valence-corrected chi connectivity index (χ2v) is 6.47. The van der Waals surface area contributed by atoms with E-state index in [0.717, 1.165) is 5.75 Å². The Kier molecular flexibility index (Phi) is 6.15. The number of rotatable bonds is 6. The highest BCUT2D eigenvalue weighted by atomic mass is 32.2. The van der Waals surface area contributed by atoms with Crippen molar-refractivity contribution in [1.29, 1.82) is 0 Å². The van der Waals surface area contributed by atoms with Crippen LogP contribution in [0.15, 0.2) is 29.3 Å². The van der Waals surface area contributed by atoms with Crippen molar-refractivity contribution < 1.29 is 18.7 Å². The number of nitrogens with one attached hydrogen (secondary N) is 1. The van der Waals surface area contributed by atoms with Gasteiger partial charge in [0.05, 0.1) is 6.04 Å². The Labute approximate surface area is 138 Å². The van der Waals surface area contributed by atoms with Gasteiger partial charge in [-0.1, -0.05) is 19.1 Å². The van der Waals surface area contributed by atoms with Crippen LogP contribution in [0.25, 0.3) is 0 Å². The third kappa shape index (κ3) is 4.54. The highest BCUT2D eigenvalue weighted by Gasteiger charge is 2.38. The molecule has 1 heterocycles. The molecule has 0 saturated carbocycles. The molecular weight excluding hydrogens is 319 g/mol. The van der Waals surface area contributed by atoms with E-state index in [1.165, 1.54) is 18.2 Å². The first-order valence-corrected chi connectivity index (χ1v) is 8.54. The number of ether oxygens (including phenoxy) is 1. The van der Waals surface area contributed by atoms with E-state index in [2.05, 4.69) is 10.3 Å². The Bertz CT molecular complexity index is 621. The zero-order valence-corrected chi connectivity index (χ0v) is 13.9. The lowest BCUT2D eigenvalue weighted by Crippen LogP contribution is -2.44. The van der Waals surface area contributed by atoms with Gasteiger partial charge in [0.1, 0.15) is 18.3 Å². The SMILES string of the molecule is CCSCCOC(=O)C1C(C)=NC(=O)NC1c1cccc(F)c1. The summed E-state index contributed by atoms with van der Waals surface area (Å²) in [7, 11) is 0. The van der Waals surface area contributed by atoms with E-state index in [1.807, 2.05) is 6.92 Å². The van der Waals surface area contributed by atoms with Crippen LogP contribution in [0.2, 0.25) is 0 Å². The summed E-state index contributed by atoms with van der Waals surface area (Å²) in [5, 5.41) is 2.62. The van der Waals surface area contributed by atoms with Crippen LogP contribution in [0.1, 0.15) is 25.5 Å². The van der Waals surface area contributed by atoms with E-state index >= 15 is 0 Å². The lowest BCUT2D eigenvalue weighted by atomic mass is 9.88. The molecule has 7 heteroatoms. The van der Waals surface area contributed by atoms with Crippen molar-refractivity contribution in [2.75, 3.05) is 18.1 Å². The van der Waals surface area contributed by atoms with E-state index in [4.69, 9.17) is 4.74 Å². The van der Waals surface area contributed by atoms with Gasteiger partial charge in [0.25, 0.3) is 0 Å². The second-order valence-electron chi connectivity index (χ2n) is 5.08. The van der Waals surface area contributed by atoms with Gasteiger partial charge in [0.2, 0.25) is 0 Å². The second kappa shape index (κ2) is 8.10. The summed E-state index contributed by atoms with van der Waals surface area (Å²) in [6.45, 7) is 3.93. The maximum absolute atomic E-state index is 13.5. The van der Waals surface area contributed by atoms with E-state index in [1.54, 1.807) is 24.8 Å². The van der Waals surface area contributed by atoms with Crippen LogP contribution in [-0.4, -0.2) is 35.8 Å². The minimum Gasteiger partial charge on any atom is -0.464 e.